The van der Waals surface area contributed by atoms with E-state index in [4.69, 9.17) is 14.2 Å². The highest BCUT2D eigenvalue weighted by atomic mass is 16.7. The first-order valence-electron chi connectivity index (χ1n) is 10.5. The second kappa shape index (κ2) is 9.63. The Morgan fingerprint density at radius 1 is 1.19 bits per heavy atom. The number of ether oxygens (including phenoxy) is 3. The van der Waals surface area contributed by atoms with Crippen molar-refractivity contribution < 1.29 is 49.6 Å². The molecule has 0 amide bonds. The van der Waals surface area contributed by atoms with Gasteiger partial charge in [0.05, 0.1) is 19.3 Å². The Morgan fingerprint density at radius 2 is 1.90 bits per heavy atom. The third-order valence-corrected chi connectivity index (χ3v) is 6.46. The Labute approximate surface area is 180 Å². The monoisotopic (exact) mass is 444 g/mol. The van der Waals surface area contributed by atoms with Crippen molar-refractivity contribution in [3.05, 3.63) is 23.3 Å². The van der Waals surface area contributed by atoms with Gasteiger partial charge in [-0.05, 0) is 50.3 Å². The van der Waals surface area contributed by atoms with Gasteiger partial charge in [-0.15, -0.1) is 0 Å². The van der Waals surface area contributed by atoms with E-state index < -0.39 is 67.0 Å². The first-order chi connectivity index (χ1) is 14.6. The molecule has 0 unspecified atom stereocenters. The van der Waals surface area contributed by atoms with Crippen LogP contribution in [0, 0.1) is 5.92 Å². The summed E-state index contributed by atoms with van der Waals surface area (Å²) in [6, 6.07) is 0. The van der Waals surface area contributed by atoms with Crippen LogP contribution in [0.15, 0.2) is 23.3 Å². The average Bonchev–Trinajstić information content (AvgIpc) is 2.94. The van der Waals surface area contributed by atoms with Gasteiger partial charge in [0.25, 0.3) is 0 Å². The van der Waals surface area contributed by atoms with Crippen LogP contribution < -0.4 is 0 Å². The summed E-state index contributed by atoms with van der Waals surface area (Å²) in [5.41, 5.74) is -0.326. The summed E-state index contributed by atoms with van der Waals surface area (Å²) < 4.78 is 16.7. The molecule has 0 saturated carbocycles. The largest absolute Gasteiger partial charge is 0.456 e. The lowest BCUT2D eigenvalue weighted by atomic mass is 9.81. The number of rotatable bonds is 4. The van der Waals surface area contributed by atoms with Gasteiger partial charge in [-0.2, -0.15) is 0 Å². The van der Waals surface area contributed by atoms with Crippen molar-refractivity contribution in [2.75, 3.05) is 13.2 Å². The summed E-state index contributed by atoms with van der Waals surface area (Å²) >= 11 is 0. The molecule has 3 rings (SSSR count). The van der Waals surface area contributed by atoms with E-state index in [9.17, 15) is 35.4 Å². The van der Waals surface area contributed by atoms with Crippen LogP contribution in [0.25, 0.3) is 0 Å². The number of hydrogen-bond donors (Lipinski definition) is 6. The normalized spacial score (nSPS) is 47.5. The molecule has 0 aromatic carbocycles. The number of fused-ring (bicyclic) bond motifs is 1. The topological polar surface area (TPSA) is 166 Å². The maximum absolute atomic E-state index is 12.2. The fraction of sp³-hybridized carbons (Fsp3) is 0.762. The van der Waals surface area contributed by atoms with E-state index in [1.807, 2.05) is 0 Å². The van der Waals surface area contributed by atoms with Crippen molar-refractivity contribution in [3.8, 4) is 0 Å². The summed E-state index contributed by atoms with van der Waals surface area (Å²) in [6.07, 6.45) is -3.77. The molecule has 2 fully saturated rings. The Morgan fingerprint density at radius 3 is 2.55 bits per heavy atom. The molecule has 2 heterocycles. The van der Waals surface area contributed by atoms with E-state index in [0.717, 1.165) is 0 Å². The summed E-state index contributed by atoms with van der Waals surface area (Å²) in [5.74, 6) is -1.23. The van der Waals surface area contributed by atoms with Gasteiger partial charge in [0, 0.05) is 5.92 Å². The third-order valence-electron chi connectivity index (χ3n) is 6.46. The lowest BCUT2D eigenvalue weighted by Gasteiger charge is -2.41. The molecule has 2 saturated heterocycles. The molecule has 2 aliphatic heterocycles. The first-order valence-corrected chi connectivity index (χ1v) is 10.5. The number of carbonyl (C=O) groups excluding carboxylic acids is 1. The van der Waals surface area contributed by atoms with E-state index in [1.54, 1.807) is 19.1 Å². The number of aliphatic hydroxyl groups is 6. The molecule has 31 heavy (non-hydrogen) atoms. The van der Waals surface area contributed by atoms with Crippen LogP contribution in [0.1, 0.15) is 33.1 Å². The van der Waals surface area contributed by atoms with Crippen LogP contribution in [0.3, 0.4) is 0 Å². The summed E-state index contributed by atoms with van der Waals surface area (Å²) in [6.45, 7) is 2.37. The highest BCUT2D eigenvalue weighted by Crippen LogP contribution is 2.38. The Kier molecular flexibility index (Phi) is 7.54. The quantitative estimate of drug-likeness (QED) is 0.222. The summed E-state index contributed by atoms with van der Waals surface area (Å²) in [4.78, 5) is 12.2. The number of aliphatic hydroxyl groups excluding tert-OH is 5. The minimum absolute atomic E-state index is 0.205. The van der Waals surface area contributed by atoms with Crippen LogP contribution in [0.2, 0.25) is 0 Å². The molecule has 6 N–H and O–H groups in total. The molecule has 0 aromatic heterocycles. The second-order valence-corrected chi connectivity index (χ2v) is 8.65. The highest BCUT2D eigenvalue weighted by Gasteiger charge is 2.52. The molecule has 3 aliphatic rings. The van der Waals surface area contributed by atoms with Gasteiger partial charge in [0.2, 0.25) is 0 Å². The fourth-order valence-corrected chi connectivity index (χ4v) is 4.31. The van der Waals surface area contributed by atoms with Gasteiger partial charge in [-0.1, -0.05) is 6.08 Å². The predicted molar refractivity (Wildman–Crippen MR) is 105 cm³/mol. The van der Waals surface area contributed by atoms with Crippen molar-refractivity contribution in [2.24, 2.45) is 5.92 Å². The van der Waals surface area contributed by atoms with Gasteiger partial charge in [0.15, 0.2) is 11.9 Å². The zero-order chi connectivity index (χ0) is 22.9. The van der Waals surface area contributed by atoms with Crippen LogP contribution in [0.4, 0.5) is 0 Å². The van der Waals surface area contributed by atoms with E-state index in [2.05, 4.69) is 0 Å². The van der Waals surface area contributed by atoms with Gasteiger partial charge in [-0.3, -0.25) is 0 Å². The number of esters is 1. The lowest BCUT2D eigenvalue weighted by Crippen LogP contribution is -2.59. The van der Waals surface area contributed by atoms with E-state index in [-0.39, 0.29) is 6.61 Å². The number of carbonyl (C=O) groups is 1. The van der Waals surface area contributed by atoms with Crippen molar-refractivity contribution in [1.82, 2.24) is 0 Å². The predicted octanol–water partition coefficient (Wildman–Crippen LogP) is -1.49. The molecule has 9 atom stereocenters. The Bertz CT molecular complexity index is 715. The standard InChI is InChI=1S/C21H32O10/c1-10-7-14-12(21(2,28)20(27)31-14)5-3-11(8-22)4-6-13(10)29-19-18(26)17(25)16(24)15(9-23)30-19/h4,7,12-19,22-26,28H,3,5-6,8-9H2,1-2H3/b10-7+,11-4-/t12-,13-,14-,15-,16-,17+,18-,19-,21-/m1/s1. The molecule has 176 valence electrons. The lowest BCUT2D eigenvalue weighted by molar-refractivity contribution is -0.308. The van der Waals surface area contributed by atoms with E-state index in [1.165, 1.54) is 6.92 Å². The van der Waals surface area contributed by atoms with Gasteiger partial charge in [-0.25, -0.2) is 4.79 Å². The summed E-state index contributed by atoms with van der Waals surface area (Å²) in [5, 5.41) is 60.0. The Balaban J connectivity index is 1.87. The van der Waals surface area contributed by atoms with Crippen LogP contribution in [0.5, 0.6) is 0 Å². The van der Waals surface area contributed by atoms with Crippen molar-refractivity contribution >= 4 is 5.97 Å². The summed E-state index contributed by atoms with van der Waals surface area (Å²) in [7, 11) is 0. The molecular weight excluding hydrogens is 412 g/mol. The first kappa shape index (κ1) is 24.3. The van der Waals surface area contributed by atoms with Gasteiger partial charge in [0.1, 0.15) is 30.5 Å². The van der Waals surface area contributed by atoms with E-state index >= 15 is 0 Å². The van der Waals surface area contributed by atoms with Crippen molar-refractivity contribution in [3.63, 3.8) is 0 Å². The van der Waals surface area contributed by atoms with E-state index in [0.29, 0.717) is 30.4 Å². The van der Waals surface area contributed by atoms with Gasteiger partial charge >= 0.3 is 5.97 Å². The van der Waals surface area contributed by atoms with Gasteiger partial charge < -0.3 is 44.8 Å². The average molecular weight is 444 g/mol. The molecule has 10 heteroatoms. The minimum Gasteiger partial charge on any atom is -0.456 e. The molecule has 1 aliphatic carbocycles. The fourth-order valence-electron chi connectivity index (χ4n) is 4.31. The second-order valence-electron chi connectivity index (χ2n) is 8.65. The zero-order valence-electron chi connectivity index (χ0n) is 17.6. The molecule has 0 aromatic rings. The maximum atomic E-state index is 12.2. The smallest absolute Gasteiger partial charge is 0.338 e. The SMILES string of the molecule is C/C1=C\[C@H]2OC(=O)[C@](C)(O)[C@@H]2CC/C(CO)=C/C[C@H]1O[C@@H]1O[C@H](CO)[C@@H](O)[C@H](O)[C@H]1O. The van der Waals surface area contributed by atoms with Crippen molar-refractivity contribution in [1.29, 1.82) is 0 Å². The molecule has 0 spiro atoms. The van der Waals surface area contributed by atoms with Crippen LogP contribution in [-0.2, 0) is 19.0 Å². The molecular formula is C21H32O10. The van der Waals surface area contributed by atoms with Crippen LogP contribution in [-0.4, -0.2) is 98.3 Å². The maximum Gasteiger partial charge on any atom is 0.338 e. The van der Waals surface area contributed by atoms with Crippen LogP contribution >= 0.6 is 0 Å². The molecule has 0 bridgehead atoms. The zero-order valence-corrected chi connectivity index (χ0v) is 17.6. The number of hydrogen-bond acceptors (Lipinski definition) is 10. The van der Waals surface area contributed by atoms with Crippen molar-refractivity contribution in [2.45, 2.75) is 81.6 Å². The molecule has 0 radical (unpaired) electrons. The highest BCUT2D eigenvalue weighted by molar-refractivity contribution is 5.82. The third kappa shape index (κ3) is 4.86. The molecule has 10 nitrogen and oxygen atoms in total. The minimum atomic E-state index is -1.66. The Hall–Kier alpha value is -1.37.